The van der Waals surface area contributed by atoms with E-state index in [2.05, 4.69) is 28.3 Å². The Morgan fingerprint density at radius 1 is 0.977 bits per heavy atom. The molecule has 228 valence electrons. The van der Waals surface area contributed by atoms with Crippen molar-refractivity contribution in [3.8, 4) is 0 Å². The summed E-state index contributed by atoms with van der Waals surface area (Å²) in [6.07, 6.45) is 1.29. The van der Waals surface area contributed by atoms with Crippen LogP contribution < -0.4 is 10.0 Å². The van der Waals surface area contributed by atoms with Crippen molar-refractivity contribution in [2.45, 2.75) is 48.8 Å². The third-order valence-electron chi connectivity index (χ3n) is 8.24. The summed E-state index contributed by atoms with van der Waals surface area (Å²) in [5.41, 5.74) is 0.416. The Morgan fingerprint density at radius 2 is 1.68 bits per heavy atom. The molecule has 4 aromatic carbocycles. The lowest BCUT2D eigenvalue weighted by atomic mass is 9.66. The normalized spacial score (nSPS) is 20.0. The number of rotatable bonds is 7. The van der Waals surface area contributed by atoms with Crippen molar-refractivity contribution in [3.05, 3.63) is 102 Å². The first-order valence-corrected chi connectivity index (χ1v) is 17.2. The molecule has 0 spiro atoms. The van der Waals surface area contributed by atoms with Crippen LogP contribution in [0.15, 0.2) is 105 Å². The predicted octanol–water partition coefficient (Wildman–Crippen LogP) is 7.74. The van der Waals surface area contributed by atoms with Crippen molar-refractivity contribution in [3.63, 3.8) is 0 Å². The number of aliphatic hydroxyl groups excluding tert-OH is 1. The van der Waals surface area contributed by atoms with E-state index in [0.717, 1.165) is 11.8 Å². The number of hydrogen-bond acceptors (Lipinski definition) is 8. The molecule has 2 aliphatic rings. The Hall–Kier alpha value is -4.16. The SMILES string of the molecule is CC(C)CC[C@@]1(C)C(=O)C(C2=NS(O)(O)c3cc(NS(=O)(=O)c4cccc5ccccc45)ccc3N2)=C(O)c2ccccc21. The third-order valence-corrected chi connectivity index (χ3v) is 11.0. The number of carbonyl (C=O) groups excluding carboxylic acids is 1. The van der Waals surface area contributed by atoms with Gasteiger partial charge in [-0.25, -0.2) is 8.42 Å². The van der Waals surface area contributed by atoms with Crippen molar-refractivity contribution in [1.82, 2.24) is 0 Å². The molecule has 5 N–H and O–H groups in total. The quantitative estimate of drug-likeness (QED) is 0.140. The Morgan fingerprint density at radius 3 is 2.45 bits per heavy atom. The fraction of sp³-hybridized carbons (Fsp3) is 0.212. The minimum atomic E-state index is -4.04. The molecule has 11 heteroatoms. The van der Waals surface area contributed by atoms with E-state index in [-0.39, 0.29) is 44.1 Å². The number of Topliss-reactive ketones (excluding diaryl/α,β-unsaturated/α-hetero) is 1. The average Bonchev–Trinajstić information content (AvgIpc) is 2.99. The third kappa shape index (κ3) is 5.05. The Balaban J connectivity index is 1.37. The summed E-state index contributed by atoms with van der Waals surface area (Å²) in [6.45, 7) is 5.99. The summed E-state index contributed by atoms with van der Waals surface area (Å²) in [7, 11) is -7.96. The summed E-state index contributed by atoms with van der Waals surface area (Å²) in [4.78, 5) is 14.2. The second-order valence-electron chi connectivity index (χ2n) is 11.7. The van der Waals surface area contributed by atoms with Crippen LogP contribution in [0.4, 0.5) is 11.4 Å². The number of nitrogens with zero attached hydrogens (tertiary/aromatic N) is 1. The highest BCUT2D eigenvalue weighted by molar-refractivity contribution is 8.23. The molecule has 1 atom stereocenters. The topological polar surface area (TPSA) is 148 Å². The Bertz CT molecular complexity index is 2000. The molecular formula is C33H33N3O6S2. The first kappa shape index (κ1) is 29.9. The van der Waals surface area contributed by atoms with Gasteiger partial charge in [-0.05, 0) is 60.9 Å². The lowest BCUT2D eigenvalue weighted by Gasteiger charge is -2.39. The molecule has 0 aromatic heterocycles. The van der Waals surface area contributed by atoms with E-state index in [1.54, 1.807) is 30.3 Å². The van der Waals surface area contributed by atoms with E-state index < -0.39 is 26.2 Å². The molecule has 1 heterocycles. The van der Waals surface area contributed by atoms with Gasteiger partial charge in [-0.15, -0.1) is 4.40 Å². The van der Waals surface area contributed by atoms with Crippen LogP contribution in [0.5, 0.6) is 0 Å². The molecule has 1 aliphatic heterocycles. The van der Waals surface area contributed by atoms with Gasteiger partial charge in [0.15, 0.2) is 11.6 Å². The molecule has 9 nitrogen and oxygen atoms in total. The number of benzene rings is 4. The summed E-state index contributed by atoms with van der Waals surface area (Å²) < 4.78 is 55.8. The molecule has 0 saturated carbocycles. The maximum absolute atomic E-state index is 14.1. The van der Waals surface area contributed by atoms with Gasteiger partial charge in [0, 0.05) is 10.9 Å². The van der Waals surface area contributed by atoms with Crippen LogP contribution in [-0.4, -0.2) is 34.2 Å². The van der Waals surface area contributed by atoms with E-state index in [0.29, 0.717) is 28.9 Å². The van der Waals surface area contributed by atoms with Gasteiger partial charge < -0.3 is 10.4 Å². The smallest absolute Gasteiger partial charge is 0.262 e. The van der Waals surface area contributed by atoms with Crippen LogP contribution in [0, 0.1) is 5.92 Å². The number of sulfonamides is 1. The van der Waals surface area contributed by atoms with Crippen LogP contribution in [0.1, 0.15) is 44.7 Å². The van der Waals surface area contributed by atoms with Crippen molar-refractivity contribution < 1.29 is 27.4 Å². The highest BCUT2D eigenvalue weighted by Crippen LogP contribution is 2.57. The number of hydrogen-bond donors (Lipinski definition) is 5. The lowest BCUT2D eigenvalue weighted by molar-refractivity contribution is -0.120. The van der Waals surface area contributed by atoms with Crippen molar-refractivity contribution in [1.29, 1.82) is 0 Å². The summed E-state index contributed by atoms with van der Waals surface area (Å²) >= 11 is 0. The molecule has 44 heavy (non-hydrogen) atoms. The number of ketones is 1. The summed E-state index contributed by atoms with van der Waals surface area (Å²) in [6, 6.07) is 23.5. The van der Waals surface area contributed by atoms with Gasteiger partial charge in [0.05, 0.1) is 21.7 Å². The second-order valence-corrected chi connectivity index (χ2v) is 15.1. The first-order valence-electron chi connectivity index (χ1n) is 14.2. The number of carbonyl (C=O) groups is 1. The number of amidine groups is 1. The van der Waals surface area contributed by atoms with Gasteiger partial charge in [0.25, 0.3) is 10.0 Å². The van der Waals surface area contributed by atoms with E-state index >= 15 is 0 Å². The van der Waals surface area contributed by atoms with Gasteiger partial charge in [-0.1, -0.05) is 85.3 Å². The van der Waals surface area contributed by atoms with Gasteiger partial charge in [0.2, 0.25) is 0 Å². The van der Waals surface area contributed by atoms with E-state index in [1.165, 1.54) is 24.3 Å². The molecular weight excluding hydrogens is 599 g/mol. The van der Waals surface area contributed by atoms with Gasteiger partial charge >= 0.3 is 0 Å². The van der Waals surface area contributed by atoms with Gasteiger partial charge in [-0.2, -0.15) is 0 Å². The van der Waals surface area contributed by atoms with Crippen LogP contribution in [0.25, 0.3) is 16.5 Å². The van der Waals surface area contributed by atoms with E-state index in [1.807, 2.05) is 37.3 Å². The molecule has 1 aliphatic carbocycles. The fourth-order valence-electron chi connectivity index (χ4n) is 5.85. The van der Waals surface area contributed by atoms with Crippen LogP contribution in [0.3, 0.4) is 0 Å². The molecule has 0 radical (unpaired) electrons. The summed E-state index contributed by atoms with van der Waals surface area (Å²) in [5, 5.41) is 15.6. The zero-order valence-electron chi connectivity index (χ0n) is 24.4. The zero-order chi connectivity index (χ0) is 31.4. The highest BCUT2D eigenvalue weighted by Gasteiger charge is 2.46. The van der Waals surface area contributed by atoms with Crippen molar-refractivity contribution >= 4 is 60.3 Å². The number of nitrogens with one attached hydrogen (secondary N) is 2. The van der Waals surface area contributed by atoms with E-state index in [4.69, 9.17) is 0 Å². The molecule has 0 unspecified atom stereocenters. The van der Waals surface area contributed by atoms with Crippen LogP contribution in [-0.2, 0) is 20.2 Å². The van der Waals surface area contributed by atoms with Crippen molar-refractivity contribution in [2.24, 2.45) is 10.3 Å². The molecule has 0 amide bonds. The maximum atomic E-state index is 14.1. The monoisotopic (exact) mass is 631 g/mol. The predicted molar refractivity (Wildman–Crippen MR) is 176 cm³/mol. The Labute approximate surface area is 257 Å². The zero-order valence-corrected chi connectivity index (χ0v) is 26.0. The number of fused-ring (bicyclic) bond motifs is 3. The molecule has 6 rings (SSSR count). The standard InChI is InChI=1S/C33H33N3O6S2/c1-20(2)17-18-33(3)25-13-7-6-12-24(25)30(37)29(31(33)38)32-34-26-16-15-22(19-28(26)44(41,42)36-32)35-43(39,40)27-14-8-10-21-9-4-5-11-23(21)27/h4-16,19-20,35,37,41-42H,17-18H2,1-3H3,(H,34,36)/t33-/m1/s1. The summed E-state index contributed by atoms with van der Waals surface area (Å²) in [5.74, 6) is -0.490. The second kappa shape index (κ2) is 10.8. The molecule has 0 saturated heterocycles. The Kier molecular flexibility index (Phi) is 7.32. The molecule has 0 fully saturated rings. The molecule has 4 aromatic rings. The maximum Gasteiger partial charge on any atom is 0.262 e. The number of anilines is 2. The van der Waals surface area contributed by atoms with Crippen LogP contribution >= 0.6 is 10.8 Å². The van der Waals surface area contributed by atoms with Crippen molar-refractivity contribution in [2.75, 3.05) is 10.0 Å². The largest absolute Gasteiger partial charge is 0.506 e. The lowest BCUT2D eigenvalue weighted by Crippen LogP contribution is -2.42. The minimum Gasteiger partial charge on any atom is -0.506 e. The number of aliphatic hydroxyl groups is 1. The van der Waals surface area contributed by atoms with Crippen LogP contribution in [0.2, 0.25) is 0 Å². The minimum absolute atomic E-state index is 0.0503. The van der Waals surface area contributed by atoms with Gasteiger partial charge in [0.1, 0.15) is 16.2 Å². The molecule has 0 bridgehead atoms. The highest BCUT2D eigenvalue weighted by atomic mass is 32.3. The van der Waals surface area contributed by atoms with Gasteiger partial charge in [-0.3, -0.25) is 18.6 Å². The van der Waals surface area contributed by atoms with E-state index in [9.17, 15) is 27.4 Å². The fourth-order valence-corrected chi connectivity index (χ4v) is 8.32. The first-order chi connectivity index (χ1) is 20.8. The average molecular weight is 632 g/mol.